The van der Waals surface area contributed by atoms with Crippen molar-refractivity contribution in [2.45, 2.75) is 51.0 Å². The lowest BCUT2D eigenvalue weighted by molar-refractivity contribution is -0.134. The minimum absolute atomic E-state index is 0.246. The van der Waals surface area contributed by atoms with E-state index in [-0.39, 0.29) is 18.4 Å². The highest BCUT2D eigenvalue weighted by atomic mass is 16.2. The number of carbonyl (C=O) groups excluding carboxylic acids is 3. The summed E-state index contributed by atoms with van der Waals surface area (Å²) >= 11 is 0. The Morgan fingerprint density at radius 2 is 1.92 bits per heavy atom. The van der Waals surface area contributed by atoms with Crippen LogP contribution >= 0.6 is 0 Å². The van der Waals surface area contributed by atoms with E-state index in [0.717, 1.165) is 41.8 Å². The van der Waals surface area contributed by atoms with Gasteiger partial charge in [0, 0.05) is 5.69 Å². The number of aryl methyl sites for hydroxylation is 1. The molecule has 1 aliphatic carbocycles. The number of imide groups is 1. The van der Waals surface area contributed by atoms with Crippen molar-refractivity contribution < 1.29 is 14.4 Å². The summed E-state index contributed by atoms with van der Waals surface area (Å²) in [7, 11) is 0. The van der Waals surface area contributed by atoms with Gasteiger partial charge in [-0.1, -0.05) is 44.4 Å². The van der Waals surface area contributed by atoms with E-state index in [1.54, 1.807) is 0 Å². The van der Waals surface area contributed by atoms with Gasteiger partial charge in [0.2, 0.25) is 5.91 Å². The normalized spacial score (nSPS) is 19.5. The van der Waals surface area contributed by atoms with Gasteiger partial charge in [0.1, 0.15) is 12.1 Å². The number of carbonyl (C=O) groups is 3. The lowest BCUT2D eigenvalue weighted by Crippen LogP contribution is -2.48. The highest BCUT2D eigenvalue weighted by Crippen LogP contribution is 2.33. The molecule has 1 aromatic rings. The van der Waals surface area contributed by atoms with Gasteiger partial charge in [-0.3, -0.25) is 14.5 Å². The summed E-state index contributed by atoms with van der Waals surface area (Å²) in [5, 5.41) is 5.63. The van der Waals surface area contributed by atoms with E-state index in [0.29, 0.717) is 12.8 Å². The fraction of sp³-hybridized carbons (Fsp3) is 0.500. The third-order valence-corrected chi connectivity index (χ3v) is 4.93. The molecule has 1 saturated carbocycles. The molecule has 0 unspecified atom stereocenters. The van der Waals surface area contributed by atoms with Gasteiger partial charge >= 0.3 is 6.03 Å². The second kappa shape index (κ2) is 6.63. The van der Waals surface area contributed by atoms with Crippen molar-refractivity contribution in [3.63, 3.8) is 0 Å². The first-order valence-corrected chi connectivity index (χ1v) is 8.57. The van der Waals surface area contributed by atoms with Crippen molar-refractivity contribution in [2.75, 3.05) is 11.9 Å². The summed E-state index contributed by atoms with van der Waals surface area (Å²) in [6, 6.07) is 7.07. The van der Waals surface area contributed by atoms with Crippen molar-refractivity contribution >= 4 is 23.5 Å². The van der Waals surface area contributed by atoms with Gasteiger partial charge in [0.05, 0.1) is 0 Å². The molecule has 1 saturated heterocycles. The first-order chi connectivity index (χ1) is 11.6. The Hall–Kier alpha value is -2.37. The summed E-state index contributed by atoms with van der Waals surface area (Å²) in [6.45, 7) is 1.76. The fourth-order valence-corrected chi connectivity index (χ4v) is 3.60. The van der Waals surface area contributed by atoms with Crippen molar-refractivity contribution in [1.29, 1.82) is 0 Å². The van der Waals surface area contributed by atoms with Crippen LogP contribution < -0.4 is 10.6 Å². The number of anilines is 1. The average Bonchev–Trinajstić information content (AvgIpc) is 2.80. The van der Waals surface area contributed by atoms with Crippen LogP contribution in [-0.4, -0.2) is 34.8 Å². The molecule has 0 bridgehead atoms. The monoisotopic (exact) mass is 329 g/mol. The zero-order valence-electron chi connectivity index (χ0n) is 13.9. The Kier molecular flexibility index (Phi) is 4.55. The fourth-order valence-electron chi connectivity index (χ4n) is 3.60. The number of urea groups is 1. The Balaban J connectivity index is 1.68. The smallest absolute Gasteiger partial charge is 0.324 e. The van der Waals surface area contributed by atoms with E-state index >= 15 is 0 Å². The van der Waals surface area contributed by atoms with Gasteiger partial charge < -0.3 is 10.6 Å². The molecule has 2 N–H and O–H groups in total. The zero-order chi connectivity index (χ0) is 17.2. The number of nitrogens with one attached hydrogen (secondary N) is 2. The lowest BCUT2D eigenvalue weighted by Gasteiger charge is -2.30. The molecule has 1 aliphatic heterocycles. The van der Waals surface area contributed by atoms with Crippen LogP contribution in [-0.2, 0) is 16.0 Å². The molecule has 0 atom stereocenters. The SMILES string of the molecule is CCc1ccccc1NC(=O)CN1C(=O)NC2(CCCCC2)C1=O. The van der Waals surface area contributed by atoms with Crippen LogP contribution in [0, 0.1) is 0 Å². The first-order valence-electron chi connectivity index (χ1n) is 8.57. The number of para-hydroxylation sites is 1. The number of nitrogens with zero attached hydrogens (tertiary/aromatic N) is 1. The quantitative estimate of drug-likeness (QED) is 0.833. The van der Waals surface area contributed by atoms with Crippen molar-refractivity contribution in [1.82, 2.24) is 10.2 Å². The molecule has 3 rings (SSSR count). The Bertz CT molecular complexity index is 665. The van der Waals surface area contributed by atoms with Crippen LogP contribution in [0.25, 0.3) is 0 Å². The zero-order valence-corrected chi connectivity index (χ0v) is 13.9. The van der Waals surface area contributed by atoms with Gasteiger partial charge in [0.25, 0.3) is 5.91 Å². The van der Waals surface area contributed by atoms with E-state index in [4.69, 9.17) is 0 Å². The molecule has 2 fully saturated rings. The second-order valence-electron chi connectivity index (χ2n) is 6.52. The highest BCUT2D eigenvalue weighted by Gasteiger charge is 2.51. The summed E-state index contributed by atoms with van der Waals surface area (Å²) < 4.78 is 0. The second-order valence-corrected chi connectivity index (χ2v) is 6.52. The number of hydrogen-bond acceptors (Lipinski definition) is 3. The van der Waals surface area contributed by atoms with E-state index in [2.05, 4.69) is 10.6 Å². The topological polar surface area (TPSA) is 78.5 Å². The predicted molar refractivity (Wildman–Crippen MR) is 90.5 cm³/mol. The molecule has 128 valence electrons. The summed E-state index contributed by atoms with van der Waals surface area (Å²) in [5.41, 5.74) is 0.966. The van der Waals surface area contributed by atoms with Gasteiger partial charge in [-0.15, -0.1) is 0 Å². The molecule has 24 heavy (non-hydrogen) atoms. The third-order valence-electron chi connectivity index (χ3n) is 4.93. The van der Waals surface area contributed by atoms with Crippen molar-refractivity contribution in [3.05, 3.63) is 29.8 Å². The lowest BCUT2D eigenvalue weighted by atomic mass is 9.82. The molecule has 4 amide bonds. The van der Waals surface area contributed by atoms with Crippen LogP contribution in [0.3, 0.4) is 0 Å². The molecule has 2 aliphatic rings. The standard InChI is InChI=1S/C18H23N3O3/c1-2-13-8-4-5-9-14(13)19-15(22)12-21-16(23)18(20-17(21)24)10-6-3-7-11-18/h4-5,8-9H,2-3,6-7,10-12H2,1H3,(H,19,22)(H,20,24). The minimum atomic E-state index is -0.781. The van der Waals surface area contributed by atoms with Gasteiger partial charge in [-0.05, 0) is 30.9 Å². The molecule has 1 aromatic carbocycles. The number of amides is 4. The molecule has 0 radical (unpaired) electrons. The Morgan fingerprint density at radius 3 is 2.62 bits per heavy atom. The maximum Gasteiger partial charge on any atom is 0.325 e. The van der Waals surface area contributed by atoms with Crippen molar-refractivity contribution in [2.24, 2.45) is 0 Å². The number of rotatable bonds is 4. The summed E-state index contributed by atoms with van der Waals surface area (Å²) in [5.74, 6) is -0.613. The summed E-state index contributed by atoms with van der Waals surface area (Å²) in [4.78, 5) is 38.2. The van der Waals surface area contributed by atoms with E-state index in [1.165, 1.54) is 0 Å². The predicted octanol–water partition coefficient (Wildman–Crippen LogP) is 2.44. The maximum atomic E-state index is 12.7. The molecular weight excluding hydrogens is 306 g/mol. The molecule has 6 nitrogen and oxygen atoms in total. The average molecular weight is 329 g/mol. The largest absolute Gasteiger partial charge is 0.325 e. The third kappa shape index (κ3) is 3.00. The minimum Gasteiger partial charge on any atom is -0.324 e. The molecule has 6 heteroatoms. The Morgan fingerprint density at radius 1 is 1.21 bits per heavy atom. The number of hydrogen-bond donors (Lipinski definition) is 2. The maximum absolute atomic E-state index is 12.7. The molecule has 1 heterocycles. The Labute approximate surface area is 141 Å². The van der Waals surface area contributed by atoms with Crippen molar-refractivity contribution in [3.8, 4) is 0 Å². The van der Waals surface area contributed by atoms with Crippen LogP contribution in [0.1, 0.15) is 44.6 Å². The van der Waals surface area contributed by atoms with Gasteiger partial charge in [-0.2, -0.15) is 0 Å². The molecular formula is C18H23N3O3. The molecule has 1 spiro atoms. The first kappa shape index (κ1) is 16.5. The van der Waals surface area contributed by atoms with E-state index < -0.39 is 11.6 Å². The highest BCUT2D eigenvalue weighted by molar-refractivity contribution is 6.10. The van der Waals surface area contributed by atoms with Gasteiger partial charge in [-0.25, -0.2) is 4.79 Å². The van der Waals surface area contributed by atoms with Gasteiger partial charge in [0.15, 0.2) is 0 Å². The van der Waals surface area contributed by atoms with E-state index in [1.807, 2.05) is 31.2 Å². The van der Waals surface area contributed by atoms with Crippen LogP contribution in [0.2, 0.25) is 0 Å². The van der Waals surface area contributed by atoms with Crippen LogP contribution in [0.4, 0.5) is 10.5 Å². The molecule has 0 aromatic heterocycles. The summed E-state index contributed by atoms with van der Waals surface area (Å²) in [6.07, 6.45) is 5.05. The van der Waals surface area contributed by atoms with E-state index in [9.17, 15) is 14.4 Å². The van der Waals surface area contributed by atoms with Crippen LogP contribution in [0.15, 0.2) is 24.3 Å². The number of benzene rings is 1. The van der Waals surface area contributed by atoms with Crippen LogP contribution in [0.5, 0.6) is 0 Å².